The average Bonchev–Trinajstić information content (AvgIpc) is 2.14. The van der Waals surface area contributed by atoms with Crippen LogP contribution in [0.15, 0.2) is 0 Å². The minimum absolute atomic E-state index is 0.133. The summed E-state index contributed by atoms with van der Waals surface area (Å²) in [7, 11) is 0. The Balaban J connectivity index is 2.43. The molecule has 1 aliphatic rings. The van der Waals surface area contributed by atoms with Crippen LogP contribution in [0.3, 0.4) is 0 Å². The third-order valence-corrected chi connectivity index (χ3v) is 1.16. The van der Waals surface area contributed by atoms with Crippen LogP contribution < -0.4 is 0 Å². The fourth-order valence-corrected chi connectivity index (χ4v) is 0.709. The highest BCUT2D eigenvalue weighted by molar-refractivity contribution is 5.84. The molecule has 3 heteroatoms. The normalized spacial score (nSPS) is 19.5. The summed E-state index contributed by atoms with van der Waals surface area (Å²) in [6.07, 6.45) is 2.17. The van der Waals surface area contributed by atoms with Crippen LogP contribution in [0, 0.1) is 0 Å². The van der Waals surface area contributed by atoms with Gasteiger partial charge in [-0.15, -0.1) is 0 Å². The third-order valence-electron chi connectivity index (χ3n) is 1.16. The molecule has 1 fully saturated rings. The van der Waals surface area contributed by atoms with Crippen LogP contribution in [0.25, 0.3) is 0 Å². The molecule has 8 heavy (non-hydrogen) atoms. The van der Waals surface area contributed by atoms with Crippen molar-refractivity contribution in [1.82, 2.24) is 4.90 Å². The van der Waals surface area contributed by atoms with Crippen LogP contribution in [0.1, 0.15) is 6.42 Å². The molecule has 0 saturated carbocycles. The van der Waals surface area contributed by atoms with Crippen molar-refractivity contribution in [3.05, 3.63) is 0 Å². The van der Waals surface area contributed by atoms with Gasteiger partial charge in [0.25, 0.3) is 0 Å². The van der Waals surface area contributed by atoms with Gasteiger partial charge in [-0.2, -0.15) is 0 Å². The molecule has 0 bridgehead atoms. The van der Waals surface area contributed by atoms with Gasteiger partial charge in [-0.1, -0.05) is 0 Å². The Morgan fingerprint density at radius 3 is 2.62 bits per heavy atom. The first-order valence-electron chi connectivity index (χ1n) is 2.47. The van der Waals surface area contributed by atoms with E-state index in [0.29, 0.717) is 13.0 Å². The molecule has 0 aromatic heterocycles. The molecule has 1 saturated heterocycles. The molecule has 3 nitrogen and oxygen atoms in total. The molecule has 0 atom stereocenters. The van der Waals surface area contributed by atoms with Gasteiger partial charge in [-0.05, 0) is 0 Å². The van der Waals surface area contributed by atoms with Crippen molar-refractivity contribution in [2.24, 2.45) is 0 Å². The van der Waals surface area contributed by atoms with Crippen molar-refractivity contribution < 1.29 is 9.59 Å². The average molecular weight is 112 g/mol. The van der Waals surface area contributed by atoms with Crippen LogP contribution >= 0.6 is 0 Å². The Hall–Kier alpha value is -0.860. The van der Waals surface area contributed by atoms with E-state index in [2.05, 4.69) is 0 Å². The summed E-state index contributed by atoms with van der Waals surface area (Å²) < 4.78 is 0. The number of ketones is 1. The number of likely N-dealkylation sites (tertiary alicyclic amines) is 1. The van der Waals surface area contributed by atoms with Gasteiger partial charge in [-0.3, -0.25) is 9.59 Å². The van der Waals surface area contributed by atoms with Crippen molar-refractivity contribution in [3.63, 3.8) is 0 Å². The zero-order valence-electron chi connectivity index (χ0n) is 4.39. The Kier molecular flexibility index (Phi) is 1.28. The van der Waals surface area contributed by atoms with Crippen LogP contribution in [-0.2, 0) is 9.59 Å². The summed E-state index contributed by atoms with van der Waals surface area (Å²) in [5.74, 6) is 0.133. The van der Waals surface area contributed by atoms with Crippen LogP contribution in [0.4, 0.5) is 0 Å². The SMILES string of the molecule is O=[C]N1CCC(=O)C1. The van der Waals surface area contributed by atoms with E-state index in [9.17, 15) is 9.59 Å². The summed E-state index contributed by atoms with van der Waals surface area (Å²) in [6.45, 7) is 0.825. The van der Waals surface area contributed by atoms with E-state index in [-0.39, 0.29) is 12.3 Å². The first-order valence-corrected chi connectivity index (χ1v) is 2.47. The second kappa shape index (κ2) is 1.94. The van der Waals surface area contributed by atoms with Crippen LogP contribution in [0.2, 0.25) is 0 Å². The molecule has 1 radical (unpaired) electrons. The smallest absolute Gasteiger partial charge is 0.312 e. The predicted molar refractivity (Wildman–Crippen MR) is 26.9 cm³/mol. The third kappa shape index (κ3) is 0.857. The van der Waals surface area contributed by atoms with E-state index < -0.39 is 0 Å². The van der Waals surface area contributed by atoms with Gasteiger partial charge >= 0.3 is 6.41 Å². The Morgan fingerprint density at radius 2 is 2.38 bits per heavy atom. The number of amides is 1. The van der Waals surface area contributed by atoms with Crippen molar-refractivity contribution >= 4 is 12.2 Å². The Bertz CT molecular complexity index is 122. The zero-order chi connectivity index (χ0) is 5.98. The molecule has 1 rings (SSSR count). The summed E-state index contributed by atoms with van der Waals surface area (Å²) >= 11 is 0. The second-order valence-corrected chi connectivity index (χ2v) is 1.80. The molecule has 1 aliphatic heterocycles. The molecule has 0 unspecified atom stereocenters. The zero-order valence-corrected chi connectivity index (χ0v) is 4.39. The quantitative estimate of drug-likeness (QED) is 0.451. The van der Waals surface area contributed by atoms with Crippen molar-refractivity contribution in [2.45, 2.75) is 6.42 Å². The maximum absolute atomic E-state index is 10.4. The van der Waals surface area contributed by atoms with Crippen LogP contribution in [-0.4, -0.2) is 30.2 Å². The largest absolute Gasteiger partial charge is 0.327 e. The number of carbonyl (C=O) groups is 1. The molecule has 0 N–H and O–H groups in total. The predicted octanol–water partition coefficient (Wildman–Crippen LogP) is -0.672. The summed E-state index contributed by atoms with van der Waals surface area (Å²) in [5.41, 5.74) is 0. The number of hydrogen-bond acceptors (Lipinski definition) is 2. The number of rotatable bonds is 1. The summed E-state index contributed by atoms with van der Waals surface area (Å²) in [4.78, 5) is 21.5. The minimum Gasteiger partial charge on any atom is -0.327 e. The lowest BCUT2D eigenvalue weighted by molar-refractivity contribution is -0.116. The van der Waals surface area contributed by atoms with Gasteiger partial charge in [0.2, 0.25) is 0 Å². The monoisotopic (exact) mass is 112 g/mol. The fourth-order valence-electron chi connectivity index (χ4n) is 0.709. The fraction of sp³-hybridized carbons (Fsp3) is 0.600. The highest BCUT2D eigenvalue weighted by Crippen LogP contribution is 1.99. The van der Waals surface area contributed by atoms with Gasteiger partial charge in [0.05, 0.1) is 6.54 Å². The standard InChI is InChI=1S/C5H6NO2/c7-4-6-2-1-5(8)3-6/h1-3H2. The van der Waals surface area contributed by atoms with Gasteiger partial charge in [0, 0.05) is 13.0 Å². The Morgan fingerprint density at radius 1 is 1.62 bits per heavy atom. The van der Waals surface area contributed by atoms with Crippen molar-refractivity contribution in [3.8, 4) is 0 Å². The number of Topliss-reactive ketones (excluding diaryl/α,β-unsaturated/α-hetero) is 1. The van der Waals surface area contributed by atoms with E-state index in [1.54, 1.807) is 6.41 Å². The first kappa shape index (κ1) is 5.28. The molecule has 43 valence electrons. The lowest BCUT2D eigenvalue weighted by Crippen LogP contribution is -2.17. The highest BCUT2D eigenvalue weighted by Gasteiger charge is 2.17. The van der Waals surface area contributed by atoms with Crippen molar-refractivity contribution in [2.75, 3.05) is 13.1 Å². The minimum atomic E-state index is 0.133. The number of hydrogen-bond donors (Lipinski definition) is 0. The van der Waals surface area contributed by atoms with Gasteiger partial charge in [0.15, 0.2) is 5.78 Å². The molecule has 0 spiro atoms. The highest BCUT2D eigenvalue weighted by atomic mass is 16.1. The molecule has 0 aromatic rings. The molecule has 1 amide bonds. The molecule has 0 aromatic carbocycles. The summed E-state index contributed by atoms with van der Waals surface area (Å²) in [5, 5.41) is 0. The van der Waals surface area contributed by atoms with Gasteiger partial charge in [0.1, 0.15) is 0 Å². The summed E-state index contributed by atoms with van der Waals surface area (Å²) in [6, 6.07) is 0. The van der Waals surface area contributed by atoms with E-state index in [1.165, 1.54) is 4.90 Å². The lowest BCUT2D eigenvalue weighted by atomic mass is 10.4. The molecular weight excluding hydrogens is 106 g/mol. The number of carbonyl (C=O) groups excluding carboxylic acids is 2. The van der Waals surface area contributed by atoms with Crippen molar-refractivity contribution in [1.29, 1.82) is 0 Å². The number of nitrogens with zero attached hydrogens (tertiary/aromatic N) is 1. The molecule has 0 aliphatic carbocycles. The van der Waals surface area contributed by atoms with Gasteiger partial charge in [-0.25, -0.2) is 0 Å². The maximum Gasteiger partial charge on any atom is 0.312 e. The van der Waals surface area contributed by atoms with E-state index in [0.717, 1.165) is 0 Å². The van der Waals surface area contributed by atoms with Gasteiger partial charge < -0.3 is 4.90 Å². The van der Waals surface area contributed by atoms with E-state index in [1.807, 2.05) is 0 Å². The second-order valence-electron chi connectivity index (χ2n) is 1.80. The molecular formula is C5H6NO2. The molecule has 1 heterocycles. The van der Waals surface area contributed by atoms with E-state index >= 15 is 0 Å². The topological polar surface area (TPSA) is 37.4 Å². The Labute approximate surface area is 47.3 Å². The first-order chi connectivity index (χ1) is 3.83. The maximum atomic E-state index is 10.4. The lowest BCUT2D eigenvalue weighted by Gasteiger charge is -1.99. The van der Waals surface area contributed by atoms with Crippen LogP contribution in [0.5, 0.6) is 0 Å². The van der Waals surface area contributed by atoms with E-state index in [4.69, 9.17) is 0 Å².